The molecule has 0 aliphatic heterocycles. The predicted molar refractivity (Wildman–Crippen MR) is 156 cm³/mol. The highest BCUT2D eigenvalue weighted by atomic mass is 16.5. The van der Waals surface area contributed by atoms with Gasteiger partial charge in [0.15, 0.2) is 6.29 Å². The first-order valence-electron chi connectivity index (χ1n) is 13.4. The highest BCUT2D eigenvalue weighted by Crippen LogP contribution is 2.43. The Labute approximate surface area is 225 Å². The van der Waals surface area contributed by atoms with Crippen molar-refractivity contribution in [1.29, 1.82) is 0 Å². The van der Waals surface area contributed by atoms with Crippen LogP contribution in [-0.2, 0) is 31.1 Å². The van der Waals surface area contributed by atoms with Gasteiger partial charge in [-0.1, -0.05) is 32.9 Å². The van der Waals surface area contributed by atoms with E-state index in [2.05, 4.69) is 58.0 Å². The van der Waals surface area contributed by atoms with Crippen LogP contribution in [0.3, 0.4) is 0 Å². The number of carbonyl (C=O) groups is 1. The molecule has 0 N–H and O–H groups in total. The molecule has 4 heteroatoms. The summed E-state index contributed by atoms with van der Waals surface area (Å²) in [6.45, 7) is 10.9. The van der Waals surface area contributed by atoms with Gasteiger partial charge in [0, 0.05) is 11.1 Å². The Balaban J connectivity index is 1.82. The van der Waals surface area contributed by atoms with E-state index in [-0.39, 0.29) is 5.41 Å². The zero-order valence-corrected chi connectivity index (χ0v) is 23.9. The Bertz CT molecular complexity index is 1590. The summed E-state index contributed by atoms with van der Waals surface area (Å²) < 4.78 is 17.8. The molecule has 0 saturated carbocycles. The number of ether oxygens (including phenoxy) is 3. The molecule has 38 heavy (non-hydrogen) atoms. The monoisotopic (exact) mass is 510 g/mol. The smallest absolute Gasteiger partial charge is 0.151 e. The summed E-state index contributed by atoms with van der Waals surface area (Å²) in [7, 11) is 5.24. The minimum absolute atomic E-state index is 0.0467. The highest BCUT2D eigenvalue weighted by Gasteiger charge is 2.24. The Hall–Kier alpha value is -3.53. The van der Waals surface area contributed by atoms with Crippen LogP contribution in [0.4, 0.5) is 0 Å². The molecule has 198 valence electrons. The average Bonchev–Trinajstić information content (AvgIpc) is 2.88. The highest BCUT2D eigenvalue weighted by molar-refractivity contribution is 6.15. The van der Waals surface area contributed by atoms with Crippen molar-refractivity contribution < 1.29 is 19.0 Å². The van der Waals surface area contributed by atoms with Gasteiger partial charge in [0.25, 0.3) is 0 Å². The third kappa shape index (κ3) is 4.11. The van der Waals surface area contributed by atoms with Gasteiger partial charge in [-0.05, 0) is 118 Å². The molecule has 0 unspecified atom stereocenters. The van der Waals surface area contributed by atoms with E-state index >= 15 is 0 Å². The summed E-state index contributed by atoms with van der Waals surface area (Å²) in [5, 5.41) is 4.08. The van der Waals surface area contributed by atoms with Crippen LogP contribution in [-0.4, -0.2) is 27.6 Å². The summed E-state index contributed by atoms with van der Waals surface area (Å²) in [6.07, 6.45) is 4.25. The van der Waals surface area contributed by atoms with Gasteiger partial charge in [-0.3, -0.25) is 4.79 Å². The van der Waals surface area contributed by atoms with E-state index in [0.29, 0.717) is 0 Å². The zero-order chi connectivity index (χ0) is 27.4. The van der Waals surface area contributed by atoms with Gasteiger partial charge in [-0.25, -0.2) is 0 Å². The van der Waals surface area contributed by atoms with Crippen LogP contribution in [0.25, 0.3) is 21.5 Å². The molecule has 4 aromatic carbocycles. The second kappa shape index (κ2) is 9.65. The molecule has 5 rings (SSSR count). The van der Waals surface area contributed by atoms with E-state index in [1.54, 1.807) is 21.3 Å². The van der Waals surface area contributed by atoms with Crippen LogP contribution in [0.5, 0.6) is 17.2 Å². The van der Waals surface area contributed by atoms with E-state index in [1.165, 1.54) is 16.7 Å². The molecular formula is C34H38O4. The molecule has 1 aliphatic carbocycles. The number of aldehydes is 1. The van der Waals surface area contributed by atoms with E-state index < -0.39 is 0 Å². The van der Waals surface area contributed by atoms with Crippen LogP contribution in [0, 0.1) is 13.8 Å². The molecule has 0 radical (unpaired) electrons. The van der Waals surface area contributed by atoms with Gasteiger partial charge in [0.2, 0.25) is 0 Å². The number of carbonyl (C=O) groups excluding carboxylic acids is 1. The van der Waals surface area contributed by atoms with E-state index in [9.17, 15) is 4.79 Å². The molecule has 4 nitrogen and oxygen atoms in total. The molecule has 4 bridgehead atoms. The topological polar surface area (TPSA) is 44.8 Å². The van der Waals surface area contributed by atoms with Crippen molar-refractivity contribution in [3.05, 3.63) is 74.8 Å². The van der Waals surface area contributed by atoms with E-state index in [0.717, 1.165) is 98.6 Å². The molecule has 0 saturated heterocycles. The lowest BCUT2D eigenvalue weighted by atomic mass is 9.81. The largest absolute Gasteiger partial charge is 0.496 e. The quantitative estimate of drug-likeness (QED) is 0.209. The summed E-state index contributed by atoms with van der Waals surface area (Å²) in [5.74, 6) is 2.80. The first-order chi connectivity index (χ1) is 18.1. The Morgan fingerprint density at radius 3 is 1.76 bits per heavy atom. The van der Waals surface area contributed by atoms with E-state index in [4.69, 9.17) is 14.2 Å². The fraction of sp³-hybridized carbons (Fsp3) is 0.382. The molecule has 0 amide bonds. The normalized spacial score (nSPS) is 13.5. The van der Waals surface area contributed by atoms with Crippen LogP contribution < -0.4 is 14.2 Å². The molecule has 1 aliphatic rings. The number of methoxy groups -OCH3 is 3. The SMILES string of the molecule is COc1c2cc(C(C)(C)C)cc1CCc1c(OC)c(cc3c(C=O)c4cc(C)c(OC)c(C)c4cc13)CC2. The minimum Gasteiger partial charge on any atom is -0.496 e. The van der Waals surface area contributed by atoms with Crippen molar-refractivity contribution in [2.75, 3.05) is 21.3 Å². The van der Waals surface area contributed by atoms with Crippen LogP contribution in [0.15, 0.2) is 30.3 Å². The Morgan fingerprint density at radius 2 is 1.21 bits per heavy atom. The van der Waals surface area contributed by atoms with Crippen molar-refractivity contribution in [3.63, 3.8) is 0 Å². The van der Waals surface area contributed by atoms with Crippen molar-refractivity contribution in [2.24, 2.45) is 0 Å². The number of aryl methyl sites for hydroxylation is 6. The molecule has 4 aromatic rings. The second-order valence-corrected chi connectivity index (χ2v) is 11.6. The fourth-order valence-electron chi connectivity index (χ4n) is 6.34. The first kappa shape index (κ1) is 26.1. The maximum Gasteiger partial charge on any atom is 0.151 e. The molecule has 0 spiro atoms. The average molecular weight is 511 g/mol. The van der Waals surface area contributed by atoms with Crippen LogP contribution in [0.1, 0.15) is 70.1 Å². The summed E-state index contributed by atoms with van der Waals surface area (Å²) in [5.41, 5.74) is 8.93. The Kier molecular flexibility index (Phi) is 6.63. The number of hydrogen-bond acceptors (Lipinski definition) is 4. The fourth-order valence-corrected chi connectivity index (χ4v) is 6.34. The summed E-state index contributed by atoms with van der Waals surface area (Å²) >= 11 is 0. The summed E-state index contributed by atoms with van der Waals surface area (Å²) in [4.78, 5) is 12.6. The van der Waals surface area contributed by atoms with Gasteiger partial charge in [-0.2, -0.15) is 0 Å². The second-order valence-electron chi connectivity index (χ2n) is 11.6. The third-order valence-corrected chi connectivity index (χ3v) is 8.27. The molecule has 0 heterocycles. The summed E-state index contributed by atoms with van der Waals surface area (Å²) in [6, 6.07) is 11.1. The molecule has 0 atom stereocenters. The lowest BCUT2D eigenvalue weighted by Crippen LogP contribution is -2.14. The minimum atomic E-state index is 0.0467. The van der Waals surface area contributed by atoms with Gasteiger partial charge < -0.3 is 14.2 Å². The van der Waals surface area contributed by atoms with Crippen molar-refractivity contribution in [1.82, 2.24) is 0 Å². The first-order valence-corrected chi connectivity index (χ1v) is 13.4. The number of hydrogen-bond donors (Lipinski definition) is 0. The van der Waals surface area contributed by atoms with Gasteiger partial charge >= 0.3 is 0 Å². The van der Waals surface area contributed by atoms with Crippen molar-refractivity contribution in [3.8, 4) is 17.2 Å². The van der Waals surface area contributed by atoms with Gasteiger partial charge in [0.05, 0.1) is 21.3 Å². The maximum absolute atomic E-state index is 12.6. The van der Waals surface area contributed by atoms with Gasteiger partial charge in [0.1, 0.15) is 17.2 Å². The molecule has 0 aromatic heterocycles. The maximum atomic E-state index is 12.6. The van der Waals surface area contributed by atoms with Crippen LogP contribution in [0.2, 0.25) is 0 Å². The van der Waals surface area contributed by atoms with Crippen LogP contribution >= 0.6 is 0 Å². The lowest BCUT2D eigenvalue weighted by Gasteiger charge is -2.26. The van der Waals surface area contributed by atoms with Crippen molar-refractivity contribution >= 4 is 27.8 Å². The molecular weight excluding hydrogens is 472 g/mol. The number of benzene rings is 4. The van der Waals surface area contributed by atoms with Gasteiger partial charge in [-0.15, -0.1) is 0 Å². The number of rotatable bonds is 4. The molecule has 0 fully saturated rings. The Morgan fingerprint density at radius 1 is 0.658 bits per heavy atom. The van der Waals surface area contributed by atoms with E-state index in [1.807, 2.05) is 6.92 Å². The predicted octanol–water partition coefficient (Wildman–Crippen LogP) is 7.63. The third-order valence-electron chi connectivity index (χ3n) is 8.27. The van der Waals surface area contributed by atoms with Crippen molar-refractivity contribution in [2.45, 2.75) is 65.7 Å². The zero-order valence-electron chi connectivity index (χ0n) is 23.9. The lowest BCUT2D eigenvalue weighted by molar-refractivity contribution is 0.112. The standard InChI is InChI=1S/C34H38O4/c1-19-13-27-26(20(2)31(19)36-6)17-29-25-12-11-22-15-24(34(3,4)5)14-21(32(22)37-7)9-10-23(33(25)38-8)16-28(29)30(27)18-35/h13-18H,9-12H2,1-8H3. The number of fused-ring (bicyclic) bond motifs is 7.